The minimum absolute atomic E-state index is 0.408. The van der Waals surface area contributed by atoms with Gasteiger partial charge in [0.05, 0.1) is 6.61 Å². The number of hydrogen-bond acceptors (Lipinski definition) is 3. The van der Waals surface area contributed by atoms with E-state index in [2.05, 4.69) is 49.4 Å². The van der Waals surface area contributed by atoms with Gasteiger partial charge in [-0.1, -0.05) is 19.1 Å². The third-order valence-electron chi connectivity index (χ3n) is 3.30. The molecule has 1 aliphatic heterocycles. The van der Waals surface area contributed by atoms with Crippen LogP contribution in [0.15, 0.2) is 18.2 Å². The number of fused-ring (bicyclic) bond motifs is 1. The molecule has 1 aromatic rings. The molecule has 1 atom stereocenters. The minimum atomic E-state index is 0.408. The predicted molar refractivity (Wildman–Crippen MR) is 75.2 cm³/mol. The van der Waals surface area contributed by atoms with Crippen molar-refractivity contribution in [1.82, 2.24) is 10.2 Å². The Morgan fingerprint density at radius 1 is 1.39 bits per heavy atom. The second-order valence-electron chi connectivity index (χ2n) is 5.23. The van der Waals surface area contributed by atoms with Crippen molar-refractivity contribution in [3.8, 4) is 5.75 Å². The highest BCUT2D eigenvalue weighted by atomic mass is 16.5. The second-order valence-corrected chi connectivity index (χ2v) is 5.23. The average molecular weight is 248 g/mol. The van der Waals surface area contributed by atoms with Crippen LogP contribution < -0.4 is 10.1 Å². The van der Waals surface area contributed by atoms with E-state index in [1.165, 1.54) is 11.1 Å². The third-order valence-corrected chi connectivity index (χ3v) is 3.30. The van der Waals surface area contributed by atoms with Crippen LogP contribution in [0, 0.1) is 0 Å². The molecule has 0 fully saturated rings. The Morgan fingerprint density at radius 3 is 2.94 bits per heavy atom. The molecule has 0 amide bonds. The molecule has 1 unspecified atom stereocenters. The second kappa shape index (κ2) is 6.21. The monoisotopic (exact) mass is 248 g/mol. The molecule has 2 rings (SSSR count). The van der Waals surface area contributed by atoms with E-state index in [9.17, 15) is 0 Å². The lowest BCUT2D eigenvalue weighted by Crippen LogP contribution is -2.31. The first kappa shape index (κ1) is 13.4. The van der Waals surface area contributed by atoms with Gasteiger partial charge in [0, 0.05) is 19.0 Å². The summed E-state index contributed by atoms with van der Waals surface area (Å²) in [4.78, 5) is 2.23. The molecular formula is C15H24N2O. The first-order chi connectivity index (χ1) is 8.70. The lowest BCUT2D eigenvalue weighted by molar-refractivity contribution is 0.341. The van der Waals surface area contributed by atoms with Gasteiger partial charge in [0.2, 0.25) is 0 Å². The molecule has 0 saturated heterocycles. The number of nitrogens with zero attached hydrogens (tertiary/aromatic N) is 1. The van der Waals surface area contributed by atoms with Gasteiger partial charge >= 0.3 is 0 Å². The molecule has 100 valence electrons. The van der Waals surface area contributed by atoms with Gasteiger partial charge in [-0.2, -0.15) is 0 Å². The Kier molecular flexibility index (Phi) is 4.61. The number of hydrogen-bond donors (Lipinski definition) is 1. The quantitative estimate of drug-likeness (QED) is 0.835. The standard InChI is InChI=1S/C15H24N2O/c1-4-8-16-14(11-17(2)3)12-5-6-15-13(10-12)7-9-18-15/h5-6,10,14,16H,4,7-9,11H2,1-3H3. The number of likely N-dealkylation sites (N-methyl/N-ethyl adjacent to an activating group) is 1. The van der Waals surface area contributed by atoms with E-state index in [-0.39, 0.29) is 0 Å². The van der Waals surface area contributed by atoms with Crippen LogP contribution in [0.4, 0.5) is 0 Å². The number of benzene rings is 1. The van der Waals surface area contributed by atoms with Crippen molar-refractivity contribution in [3.63, 3.8) is 0 Å². The van der Waals surface area contributed by atoms with Crippen molar-refractivity contribution in [2.45, 2.75) is 25.8 Å². The molecule has 0 aliphatic carbocycles. The third kappa shape index (κ3) is 3.24. The maximum absolute atomic E-state index is 5.56. The van der Waals surface area contributed by atoms with E-state index < -0.39 is 0 Å². The van der Waals surface area contributed by atoms with Crippen molar-refractivity contribution >= 4 is 0 Å². The van der Waals surface area contributed by atoms with E-state index >= 15 is 0 Å². The summed E-state index contributed by atoms with van der Waals surface area (Å²) in [5.74, 6) is 1.07. The van der Waals surface area contributed by atoms with Gasteiger partial charge in [0.15, 0.2) is 0 Å². The zero-order valence-electron chi connectivity index (χ0n) is 11.7. The van der Waals surface area contributed by atoms with Crippen LogP contribution in [0.2, 0.25) is 0 Å². The molecule has 1 heterocycles. The van der Waals surface area contributed by atoms with Gasteiger partial charge in [0.25, 0.3) is 0 Å². The topological polar surface area (TPSA) is 24.5 Å². The fourth-order valence-electron chi connectivity index (χ4n) is 2.39. The van der Waals surface area contributed by atoms with Crippen molar-refractivity contribution in [3.05, 3.63) is 29.3 Å². The molecule has 1 aromatic carbocycles. The maximum Gasteiger partial charge on any atom is 0.122 e. The Bertz CT molecular complexity index is 390. The smallest absolute Gasteiger partial charge is 0.122 e. The molecule has 0 radical (unpaired) electrons. The molecule has 3 heteroatoms. The van der Waals surface area contributed by atoms with Crippen molar-refractivity contribution < 1.29 is 4.74 Å². The molecule has 3 nitrogen and oxygen atoms in total. The van der Waals surface area contributed by atoms with Crippen LogP contribution in [0.5, 0.6) is 5.75 Å². The van der Waals surface area contributed by atoms with E-state index in [1.54, 1.807) is 0 Å². The molecule has 0 spiro atoms. The number of rotatable bonds is 6. The molecule has 0 bridgehead atoms. The summed E-state index contributed by atoms with van der Waals surface area (Å²) in [5, 5.41) is 3.63. The number of ether oxygens (including phenoxy) is 1. The zero-order valence-corrected chi connectivity index (χ0v) is 11.7. The number of nitrogens with one attached hydrogen (secondary N) is 1. The SMILES string of the molecule is CCCNC(CN(C)C)c1ccc2c(c1)CCO2. The van der Waals surface area contributed by atoms with Crippen LogP contribution in [0.1, 0.15) is 30.5 Å². The molecule has 18 heavy (non-hydrogen) atoms. The summed E-state index contributed by atoms with van der Waals surface area (Å²) in [6, 6.07) is 7.03. The van der Waals surface area contributed by atoms with Crippen LogP contribution in [0.25, 0.3) is 0 Å². The van der Waals surface area contributed by atoms with Gasteiger partial charge in [-0.15, -0.1) is 0 Å². The van der Waals surface area contributed by atoms with Gasteiger partial charge in [-0.05, 0) is 44.3 Å². The summed E-state index contributed by atoms with van der Waals surface area (Å²) in [7, 11) is 4.24. The van der Waals surface area contributed by atoms with E-state index in [4.69, 9.17) is 4.74 Å². The highest BCUT2D eigenvalue weighted by Gasteiger charge is 2.17. The van der Waals surface area contributed by atoms with Gasteiger partial charge in [0.1, 0.15) is 5.75 Å². The fraction of sp³-hybridized carbons (Fsp3) is 0.600. The van der Waals surface area contributed by atoms with Crippen LogP contribution in [0.3, 0.4) is 0 Å². The van der Waals surface area contributed by atoms with Crippen LogP contribution in [-0.2, 0) is 6.42 Å². The summed E-state index contributed by atoms with van der Waals surface area (Å²) in [6.07, 6.45) is 2.21. The van der Waals surface area contributed by atoms with E-state index in [0.717, 1.165) is 38.3 Å². The van der Waals surface area contributed by atoms with Gasteiger partial charge in [-0.25, -0.2) is 0 Å². The summed E-state index contributed by atoms with van der Waals surface area (Å²) < 4.78 is 5.56. The van der Waals surface area contributed by atoms with Crippen molar-refractivity contribution in [2.24, 2.45) is 0 Å². The lowest BCUT2D eigenvalue weighted by atomic mass is 10.0. The van der Waals surface area contributed by atoms with Crippen molar-refractivity contribution in [1.29, 1.82) is 0 Å². The van der Waals surface area contributed by atoms with E-state index in [0.29, 0.717) is 6.04 Å². The normalized spacial score (nSPS) is 15.6. The first-order valence-electron chi connectivity index (χ1n) is 6.84. The van der Waals surface area contributed by atoms with Crippen LogP contribution >= 0.6 is 0 Å². The Balaban J connectivity index is 2.13. The summed E-state index contributed by atoms with van der Waals surface area (Å²) in [6.45, 7) is 5.13. The molecule has 0 saturated carbocycles. The zero-order chi connectivity index (χ0) is 13.0. The highest BCUT2D eigenvalue weighted by Crippen LogP contribution is 2.28. The van der Waals surface area contributed by atoms with Gasteiger partial charge in [-0.3, -0.25) is 0 Å². The lowest BCUT2D eigenvalue weighted by Gasteiger charge is -2.23. The fourth-order valence-corrected chi connectivity index (χ4v) is 2.39. The summed E-state index contributed by atoms with van der Waals surface area (Å²) >= 11 is 0. The largest absolute Gasteiger partial charge is 0.493 e. The Morgan fingerprint density at radius 2 is 2.22 bits per heavy atom. The predicted octanol–water partition coefficient (Wildman–Crippen LogP) is 2.22. The highest BCUT2D eigenvalue weighted by molar-refractivity contribution is 5.40. The maximum atomic E-state index is 5.56. The summed E-state index contributed by atoms with van der Waals surface area (Å²) in [5.41, 5.74) is 2.73. The molecule has 1 N–H and O–H groups in total. The molecular weight excluding hydrogens is 224 g/mol. The molecule has 1 aliphatic rings. The van der Waals surface area contributed by atoms with Crippen molar-refractivity contribution in [2.75, 3.05) is 33.8 Å². The minimum Gasteiger partial charge on any atom is -0.493 e. The van der Waals surface area contributed by atoms with E-state index in [1.807, 2.05) is 0 Å². The first-order valence-corrected chi connectivity index (χ1v) is 6.84. The average Bonchev–Trinajstić information content (AvgIpc) is 2.81. The van der Waals surface area contributed by atoms with Gasteiger partial charge < -0.3 is 15.0 Å². The Labute approximate surface area is 110 Å². The molecule has 0 aromatic heterocycles. The van der Waals surface area contributed by atoms with Crippen LogP contribution in [-0.4, -0.2) is 38.7 Å². The Hall–Kier alpha value is -1.06.